The first kappa shape index (κ1) is 16.7. The van der Waals surface area contributed by atoms with Crippen LogP contribution in [0.1, 0.15) is 42.9 Å². The second kappa shape index (κ2) is 7.20. The second-order valence-electron chi connectivity index (χ2n) is 6.72. The van der Waals surface area contributed by atoms with E-state index in [4.69, 9.17) is 4.74 Å². The van der Waals surface area contributed by atoms with Gasteiger partial charge in [0.05, 0.1) is 19.3 Å². The van der Waals surface area contributed by atoms with Gasteiger partial charge >= 0.3 is 0 Å². The molecule has 1 saturated heterocycles. The molecule has 2 fully saturated rings. The number of benzene rings is 1. The van der Waals surface area contributed by atoms with Crippen molar-refractivity contribution in [2.75, 3.05) is 19.8 Å². The number of morpholine rings is 1. The molecule has 0 spiro atoms. The maximum atomic E-state index is 12.9. The normalized spacial score (nSPS) is 26.3. The fraction of sp³-hybridized carbons (Fsp3) is 0.611. The summed E-state index contributed by atoms with van der Waals surface area (Å²) in [6.07, 6.45) is 5.07. The van der Waals surface area contributed by atoms with Crippen LogP contribution in [0.15, 0.2) is 24.3 Å². The number of carbonyl (C=O) groups excluding carboxylic acids is 1. The van der Waals surface area contributed by atoms with Crippen molar-refractivity contribution >= 4 is 18.3 Å². The maximum absolute atomic E-state index is 12.9. The van der Waals surface area contributed by atoms with E-state index in [9.17, 15) is 4.79 Å². The number of ether oxygens (including phenoxy) is 1. The molecular formula is C18H25ClN2O2. The van der Waals surface area contributed by atoms with Crippen LogP contribution in [0.5, 0.6) is 0 Å². The van der Waals surface area contributed by atoms with Gasteiger partial charge in [0.2, 0.25) is 5.91 Å². The number of aryl methyl sites for hydroxylation is 1. The Morgan fingerprint density at radius 2 is 2.09 bits per heavy atom. The van der Waals surface area contributed by atoms with Crippen molar-refractivity contribution in [3.63, 3.8) is 0 Å². The number of rotatable bonds is 4. The molecule has 1 aromatic rings. The van der Waals surface area contributed by atoms with Crippen LogP contribution in [-0.2, 0) is 16.0 Å². The number of halogens is 1. The van der Waals surface area contributed by atoms with E-state index in [1.807, 2.05) is 0 Å². The molecular weight excluding hydrogens is 312 g/mol. The fourth-order valence-electron chi connectivity index (χ4n) is 3.88. The van der Waals surface area contributed by atoms with E-state index in [2.05, 4.69) is 34.5 Å². The molecule has 1 aromatic carbocycles. The van der Waals surface area contributed by atoms with Crippen LogP contribution in [0.2, 0.25) is 0 Å². The fourth-order valence-corrected chi connectivity index (χ4v) is 3.88. The first-order valence-electron chi connectivity index (χ1n) is 8.53. The minimum atomic E-state index is 0. The molecule has 126 valence electrons. The van der Waals surface area contributed by atoms with Gasteiger partial charge in [0, 0.05) is 25.0 Å². The maximum Gasteiger partial charge on any atom is 0.224 e. The Hall–Kier alpha value is -1.10. The predicted octanol–water partition coefficient (Wildman–Crippen LogP) is 2.47. The highest BCUT2D eigenvalue weighted by atomic mass is 35.5. The van der Waals surface area contributed by atoms with E-state index in [-0.39, 0.29) is 18.4 Å². The van der Waals surface area contributed by atoms with Crippen molar-refractivity contribution in [2.45, 2.75) is 50.2 Å². The van der Waals surface area contributed by atoms with Crippen LogP contribution in [-0.4, -0.2) is 42.6 Å². The van der Waals surface area contributed by atoms with Gasteiger partial charge in [-0.3, -0.25) is 4.79 Å². The number of fused-ring (bicyclic) bond motifs is 1. The van der Waals surface area contributed by atoms with E-state index in [1.165, 1.54) is 24.0 Å². The van der Waals surface area contributed by atoms with E-state index in [0.717, 1.165) is 26.0 Å². The molecule has 5 heteroatoms. The largest absolute Gasteiger partial charge is 0.378 e. The Balaban J connectivity index is 0.00000156. The van der Waals surface area contributed by atoms with E-state index >= 15 is 0 Å². The van der Waals surface area contributed by atoms with Gasteiger partial charge in [-0.2, -0.15) is 0 Å². The zero-order valence-corrected chi connectivity index (χ0v) is 14.2. The van der Waals surface area contributed by atoms with Crippen LogP contribution >= 0.6 is 12.4 Å². The molecule has 1 saturated carbocycles. The summed E-state index contributed by atoms with van der Waals surface area (Å²) in [6, 6.07) is 9.56. The first-order valence-corrected chi connectivity index (χ1v) is 8.53. The number of carbonyl (C=O) groups is 1. The summed E-state index contributed by atoms with van der Waals surface area (Å²) < 4.78 is 5.49. The molecule has 0 bridgehead atoms. The number of hydrogen-bond donors (Lipinski definition) is 1. The minimum absolute atomic E-state index is 0. The number of nitrogens with one attached hydrogen (secondary N) is 1. The third kappa shape index (κ3) is 3.54. The minimum Gasteiger partial charge on any atom is -0.378 e. The molecule has 4 rings (SSSR count). The van der Waals surface area contributed by atoms with Crippen molar-refractivity contribution in [1.29, 1.82) is 0 Å². The van der Waals surface area contributed by atoms with Crippen LogP contribution < -0.4 is 5.32 Å². The standard InChI is InChI=1S/C18H24N2O2.ClH/c21-18(11-14-12-22-10-9-19-14)20(15-6-7-15)17-8-5-13-3-1-2-4-16(13)17;/h1-4,14-15,17,19H,5-12H2;1H. The molecule has 1 amide bonds. The van der Waals surface area contributed by atoms with Gasteiger partial charge in [-0.15, -0.1) is 12.4 Å². The zero-order chi connectivity index (χ0) is 14.9. The molecule has 23 heavy (non-hydrogen) atoms. The highest BCUT2D eigenvalue weighted by Gasteiger charge is 2.40. The Morgan fingerprint density at radius 1 is 1.26 bits per heavy atom. The highest BCUT2D eigenvalue weighted by molar-refractivity contribution is 5.85. The molecule has 1 aliphatic heterocycles. The monoisotopic (exact) mass is 336 g/mol. The molecule has 0 radical (unpaired) electrons. The highest BCUT2D eigenvalue weighted by Crippen LogP contribution is 2.42. The molecule has 0 aromatic heterocycles. The topological polar surface area (TPSA) is 41.6 Å². The van der Waals surface area contributed by atoms with Crippen molar-refractivity contribution in [3.8, 4) is 0 Å². The van der Waals surface area contributed by atoms with Crippen molar-refractivity contribution in [3.05, 3.63) is 35.4 Å². The van der Waals surface area contributed by atoms with Gasteiger partial charge in [0.25, 0.3) is 0 Å². The van der Waals surface area contributed by atoms with E-state index in [0.29, 0.717) is 31.0 Å². The molecule has 2 atom stereocenters. The van der Waals surface area contributed by atoms with Crippen LogP contribution in [0.25, 0.3) is 0 Å². The molecule has 3 aliphatic rings. The van der Waals surface area contributed by atoms with Crippen molar-refractivity contribution in [1.82, 2.24) is 10.2 Å². The molecule has 4 nitrogen and oxygen atoms in total. The Morgan fingerprint density at radius 3 is 2.83 bits per heavy atom. The first-order chi connectivity index (χ1) is 10.8. The molecule has 2 unspecified atom stereocenters. The van der Waals surface area contributed by atoms with Crippen LogP contribution in [0.4, 0.5) is 0 Å². The molecule has 2 aliphatic carbocycles. The molecule has 1 N–H and O–H groups in total. The average molecular weight is 337 g/mol. The Bertz CT molecular complexity index is 556. The lowest BCUT2D eigenvalue weighted by Crippen LogP contribution is -2.46. The third-order valence-electron chi connectivity index (χ3n) is 5.08. The number of nitrogens with zero attached hydrogens (tertiary/aromatic N) is 1. The predicted molar refractivity (Wildman–Crippen MR) is 91.8 cm³/mol. The van der Waals surface area contributed by atoms with Gasteiger partial charge in [0.1, 0.15) is 0 Å². The number of amides is 1. The van der Waals surface area contributed by atoms with E-state index in [1.54, 1.807) is 0 Å². The summed E-state index contributed by atoms with van der Waals surface area (Å²) >= 11 is 0. The van der Waals surface area contributed by atoms with Crippen molar-refractivity contribution < 1.29 is 9.53 Å². The SMILES string of the molecule is Cl.O=C(CC1COCCN1)N(C1CC1)C1CCc2ccccc21. The van der Waals surface area contributed by atoms with Gasteiger partial charge in [-0.05, 0) is 36.8 Å². The lowest BCUT2D eigenvalue weighted by Gasteiger charge is -2.32. The van der Waals surface area contributed by atoms with Crippen LogP contribution in [0.3, 0.4) is 0 Å². The van der Waals surface area contributed by atoms with Crippen molar-refractivity contribution in [2.24, 2.45) is 0 Å². The lowest BCUT2D eigenvalue weighted by atomic mass is 10.1. The van der Waals surface area contributed by atoms with Gasteiger partial charge in [-0.25, -0.2) is 0 Å². The van der Waals surface area contributed by atoms with E-state index < -0.39 is 0 Å². The average Bonchev–Trinajstić information content (AvgIpc) is 3.29. The summed E-state index contributed by atoms with van der Waals surface area (Å²) in [5, 5.41) is 3.40. The smallest absolute Gasteiger partial charge is 0.224 e. The summed E-state index contributed by atoms with van der Waals surface area (Å²) in [5.74, 6) is 0.298. The zero-order valence-electron chi connectivity index (χ0n) is 13.4. The Kier molecular flexibility index (Phi) is 5.24. The summed E-state index contributed by atoms with van der Waals surface area (Å²) in [4.78, 5) is 15.1. The van der Waals surface area contributed by atoms with Gasteiger partial charge < -0.3 is 15.0 Å². The lowest BCUT2D eigenvalue weighted by molar-refractivity contribution is -0.135. The third-order valence-corrected chi connectivity index (χ3v) is 5.08. The summed E-state index contributed by atoms with van der Waals surface area (Å²) in [5.41, 5.74) is 2.79. The van der Waals surface area contributed by atoms with Gasteiger partial charge in [0.15, 0.2) is 0 Å². The number of hydrogen-bond acceptors (Lipinski definition) is 3. The summed E-state index contributed by atoms with van der Waals surface area (Å²) in [6.45, 7) is 2.27. The quantitative estimate of drug-likeness (QED) is 0.918. The second-order valence-corrected chi connectivity index (χ2v) is 6.72. The Labute approximate surface area is 144 Å². The van der Waals surface area contributed by atoms with Gasteiger partial charge in [-0.1, -0.05) is 24.3 Å². The summed E-state index contributed by atoms with van der Waals surface area (Å²) in [7, 11) is 0. The molecule has 1 heterocycles. The van der Waals surface area contributed by atoms with Crippen LogP contribution in [0, 0.1) is 0 Å².